The van der Waals surface area contributed by atoms with Gasteiger partial charge in [-0.05, 0) is 61.6 Å². The van der Waals surface area contributed by atoms with Crippen LogP contribution < -0.4 is 10.2 Å². The molecule has 0 aliphatic heterocycles. The number of furan rings is 1. The van der Waals surface area contributed by atoms with Crippen LogP contribution in [0.2, 0.25) is 0 Å². The van der Waals surface area contributed by atoms with Crippen molar-refractivity contribution in [3.63, 3.8) is 0 Å². The number of anilines is 1. The lowest BCUT2D eigenvalue weighted by molar-refractivity contribution is -0.123. The number of aryl methyl sites for hydroxylation is 1. The number of hydrogen-bond donors (Lipinski definition) is 1. The van der Waals surface area contributed by atoms with Crippen LogP contribution in [-0.4, -0.2) is 27.4 Å². The third-order valence-electron chi connectivity index (χ3n) is 5.12. The quantitative estimate of drug-likeness (QED) is 0.641. The highest BCUT2D eigenvalue weighted by Gasteiger charge is 2.37. The summed E-state index contributed by atoms with van der Waals surface area (Å²) in [5, 5.41) is 8.38. The number of carbonyl (C=O) groups is 2. The van der Waals surface area contributed by atoms with Gasteiger partial charge in [-0.15, -0.1) is 5.10 Å². The smallest absolute Gasteiger partial charge is 0.280 e. The van der Waals surface area contributed by atoms with E-state index >= 15 is 0 Å². The second kappa shape index (κ2) is 8.74. The predicted molar refractivity (Wildman–Crippen MR) is 110 cm³/mol. The Morgan fingerprint density at radius 2 is 2.07 bits per heavy atom. The van der Waals surface area contributed by atoms with Crippen molar-refractivity contribution in [2.45, 2.75) is 44.7 Å². The molecule has 156 valence electrons. The van der Waals surface area contributed by atoms with E-state index in [9.17, 15) is 14.0 Å². The molecule has 0 bridgehead atoms. The molecule has 2 amide bonds. The zero-order chi connectivity index (χ0) is 21.1. The Balaban J connectivity index is 1.79. The minimum atomic E-state index is -1.12. The normalized spacial score (nSPS) is 15.1. The van der Waals surface area contributed by atoms with Gasteiger partial charge in [0.25, 0.3) is 11.8 Å². The third-order valence-corrected chi connectivity index (χ3v) is 5.63. The first kappa shape index (κ1) is 20.2. The molecule has 1 N–H and O–H groups in total. The summed E-state index contributed by atoms with van der Waals surface area (Å²) in [4.78, 5) is 28.0. The van der Waals surface area contributed by atoms with Gasteiger partial charge < -0.3 is 9.73 Å². The van der Waals surface area contributed by atoms with Crippen LogP contribution in [-0.2, 0) is 4.79 Å². The van der Waals surface area contributed by atoms with Crippen molar-refractivity contribution in [1.82, 2.24) is 14.9 Å². The Morgan fingerprint density at radius 1 is 1.27 bits per heavy atom. The molecule has 1 fully saturated rings. The van der Waals surface area contributed by atoms with E-state index in [0.717, 1.165) is 37.2 Å². The lowest BCUT2D eigenvalue weighted by Crippen LogP contribution is -2.46. The van der Waals surface area contributed by atoms with Crippen LogP contribution in [0.1, 0.15) is 53.7 Å². The molecule has 4 rings (SSSR count). The molecule has 1 aliphatic carbocycles. The molecule has 3 aromatic rings. The summed E-state index contributed by atoms with van der Waals surface area (Å²) >= 11 is 1.02. The highest BCUT2D eigenvalue weighted by Crippen LogP contribution is 2.32. The largest absolute Gasteiger partial charge is 0.464 e. The van der Waals surface area contributed by atoms with E-state index in [1.165, 1.54) is 28.5 Å². The Morgan fingerprint density at radius 3 is 2.70 bits per heavy atom. The van der Waals surface area contributed by atoms with Crippen LogP contribution in [0.15, 0.2) is 46.2 Å². The van der Waals surface area contributed by atoms with E-state index in [1.807, 2.05) is 0 Å². The molecular weight excluding hydrogens is 407 g/mol. The van der Waals surface area contributed by atoms with Crippen LogP contribution >= 0.6 is 11.5 Å². The molecule has 7 nitrogen and oxygen atoms in total. The van der Waals surface area contributed by atoms with Crippen molar-refractivity contribution in [3.8, 4) is 0 Å². The minimum Gasteiger partial charge on any atom is -0.464 e. The number of amides is 2. The molecule has 1 aromatic carbocycles. The van der Waals surface area contributed by atoms with Gasteiger partial charge in [0.05, 0.1) is 0 Å². The van der Waals surface area contributed by atoms with Crippen LogP contribution in [0.25, 0.3) is 0 Å². The number of halogens is 1. The van der Waals surface area contributed by atoms with Crippen molar-refractivity contribution in [2.24, 2.45) is 0 Å². The maximum atomic E-state index is 14.0. The summed E-state index contributed by atoms with van der Waals surface area (Å²) in [5.74, 6) is -0.561. The molecule has 1 aliphatic rings. The Labute approximate surface area is 177 Å². The van der Waals surface area contributed by atoms with Crippen molar-refractivity contribution in [3.05, 3.63) is 64.8 Å². The molecule has 2 aromatic heterocycles. The Hall–Kier alpha value is -3.07. The van der Waals surface area contributed by atoms with E-state index in [1.54, 1.807) is 25.1 Å². The van der Waals surface area contributed by atoms with E-state index in [4.69, 9.17) is 4.42 Å². The molecule has 30 heavy (non-hydrogen) atoms. The third kappa shape index (κ3) is 4.25. The van der Waals surface area contributed by atoms with Gasteiger partial charge in [-0.25, -0.2) is 4.39 Å². The number of nitrogens with one attached hydrogen (secondary N) is 1. The highest BCUT2D eigenvalue weighted by molar-refractivity contribution is 7.03. The topological polar surface area (TPSA) is 88.3 Å². The van der Waals surface area contributed by atoms with Crippen molar-refractivity contribution in [2.75, 3.05) is 4.90 Å². The molecule has 2 heterocycles. The van der Waals surface area contributed by atoms with Crippen molar-refractivity contribution < 1.29 is 18.4 Å². The van der Waals surface area contributed by atoms with E-state index in [2.05, 4.69) is 14.9 Å². The second-order valence-corrected chi connectivity index (χ2v) is 7.90. The minimum absolute atomic E-state index is 0.0430. The molecule has 0 spiro atoms. The van der Waals surface area contributed by atoms with E-state index in [0.29, 0.717) is 11.5 Å². The number of rotatable bonds is 6. The van der Waals surface area contributed by atoms with E-state index < -0.39 is 17.8 Å². The first-order valence-electron chi connectivity index (χ1n) is 9.76. The zero-order valence-corrected chi connectivity index (χ0v) is 17.2. The van der Waals surface area contributed by atoms with Gasteiger partial charge in [0.2, 0.25) is 0 Å². The summed E-state index contributed by atoms with van der Waals surface area (Å²) in [6.45, 7) is 1.76. The van der Waals surface area contributed by atoms with Crippen molar-refractivity contribution >= 4 is 29.0 Å². The summed E-state index contributed by atoms with van der Waals surface area (Å²) in [7, 11) is 0. The summed E-state index contributed by atoms with van der Waals surface area (Å²) in [6, 6.07) is 7.87. The van der Waals surface area contributed by atoms with Gasteiger partial charge in [0, 0.05) is 17.1 Å². The van der Waals surface area contributed by atoms with Gasteiger partial charge in [-0.3, -0.25) is 14.5 Å². The van der Waals surface area contributed by atoms with Crippen LogP contribution in [0.4, 0.5) is 10.1 Å². The van der Waals surface area contributed by atoms with Crippen LogP contribution in [0.5, 0.6) is 0 Å². The van der Waals surface area contributed by atoms with E-state index in [-0.39, 0.29) is 23.3 Å². The molecular formula is C21H21FN4O3S. The number of carbonyl (C=O) groups excluding carboxylic acids is 2. The summed E-state index contributed by atoms with van der Waals surface area (Å²) in [6.07, 6.45) is 3.87. The first-order chi connectivity index (χ1) is 14.5. The Kier molecular flexibility index (Phi) is 5.89. The van der Waals surface area contributed by atoms with Crippen molar-refractivity contribution in [1.29, 1.82) is 0 Å². The fraction of sp³-hybridized carbons (Fsp3) is 0.333. The van der Waals surface area contributed by atoms with Gasteiger partial charge in [-0.1, -0.05) is 23.4 Å². The number of aromatic nitrogens is 2. The number of nitrogens with zero attached hydrogens (tertiary/aromatic N) is 3. The molecule has 0 radical (unpaired) electrons. The number of hydrogen-bond acceptors (Lipinski definition) is 6. The molecule has 9 heteroatoms. The molecule has 0 unspecified atom stereocenters. The lowest BCUT2D eigenvalue weighted by Gasteiger charge is -2.30. The second-order valence-electron chi connectivity index (χ2n) is 7.29. The average Bonchev–Trinajstić information content (AvgIpc) is 3.48. The highest BCUT2D eigenvalue weighted by atomic mass is 32.1. The van der Waals surface area contributed by atoms with Gasteiger partial charge in [0.15, 0.2) is 11.7 Å². The Bertz CT molecular complexity index is 1030. The molecule has 1 atom stereocenters. The lowest BCUT2D eigenvalue weighted by atomic mass is 10.1. The van der Waals surface area contributed by atoms with Gasteiger partial charge >= 0.3 is 0 Å². The van der Waals surface area contributed by atoms with Gasteiger partial charge in [-0.2, -0.15) is 0 Å². The molecule has 0 saturated heterocycles. The average molecular weight is 428 g/mol. The predicted octanol–water partition coefficient (Wildman–Crippen LogP) is 4.03. The first-order valence-corrected chi connectivity index (χ1v) is 10.6. The van der Waals surface area contributed by atoms with Gasteiger partial charge in [0.1, 0.15) is 17.3 Å². The standard InChI is InChI=1S/C21H21FN4O3S/c1-13-9-10-18(29-13)19(20(27)23-15-6-2-3-7-15)26(16-8-4-5-14(22)11-16)21(28)17-12-30-25-24-17/h4-5,8-12,15,19H,2-3,6-7H2,1H3,(H,23,27)/t19-/m0/s1. The molecule has 1 saturated carbocycles. The summed E-state index contributed by atoms with van der Waals surface area (Å²) in [5.41, 5.74) is 0.305. The fourth-order valence-corrected chi connectivity index (χ4v) is 4.15. The maximum absolute atomic E-state index is 14.0. The maximum Gasteiger partial charge on any atom is 0.280 e. The monoisotopic (exact) mass is 428 g/mol. The van der Waals surface area contributed by atoms with Crippen LogP contribution in [0.3, 0.4) is 0 Å². The zero-order valence-electron chi connectivity index (χ0n) is 16.4. The number of benzene rings is 1. The SMILES string of the molecule is Cc1ccc([C@@H](C(=O)NC2CCCC2)N(C(=O)c2csnn2)c2cccc(F)c2)o1. The van der Waals surface area contributed by atoms with Crippen LogP contribution in [0, 0.1) is 12.7 Å². The summed E-state index contributed by atoms with van der Waals surface area (Å²) < 4.78 is 23.5. The fourth-order valence-electron chi connectivity index (χ4n) is 3.72.